The minimum absolute atomic E-state index is 0.263. The number of hydrogen-bond acceptors (Lipinski definition) is 4. The van der Waals surface area contributed by atoms with E-state index in [1.165, 1.54) is 5.57 Å². The average Bonchev–Trinajstić information content (AvgIpc) is 2.93. The Labute approximate surface area is 150 Å². The molecule has 25 heavy (non-hydrogen) atoms. The first-order valence-corrected chi connectivity index (χ1v) is 9.00. The number of nitrogens with one attached hydrogen (secondary N) is 2. The van der Waals surface area contributed by atoms with Crippen LogP contribution in [0.4, 0.5) is 0 Å². The maximum Gasteiger partial charge on any atom is 0.191 e. The van der Waals surface area contributed by atoms with Crippen molar-refractivity contribution in [2.75, 3.05) is 32.8 Å². The van der Waals surface area contributed by atoms with E-state index in [9.17, 15) is 5.11 Å². The zero-order valence-corrected chi connectivity index (χ0v) is 15.8. The van der Waals surface area contributed by atoms with Crippen LogP contribution in [0.3, 0.4) is 0 Å². The molecule has 2 heterocycles. The van der Waals surface area contributed by atoms with E-state index in [0.29, 0.717) is 5.96 Å². The fraction of sp³-hybridized carbons (Fsp3) is 0.632. The van der Waals surface area contributed by atoms with Crippen molar-refractivity contribution >= 4 is 5.96 Å². The van der Waals surface area contributed by atoms with Crippen LogP contribution in [0.2, 0.25) is 0 Å². The summed E-state index contributed by atoms with van der Waals surface area (Å²) in [6, 6.07) is 1.88. The molecule has 6 nitrogen and oxygen atoms in total. The molecule has 1 aliphatic heterocycles. The Bertz CT molecular complexity index is 617. The highest BCUT2D eigenvalue weighted by atomic mass is 16.5. The zero-order valence-electron chi connectivity index (χ0n) is 15.8. The van der Waals surface area contributed by atoms with Gasteiger partial charge in [-0.2, -0.15) is 0 Å². The predicted molar refractivity (Wildman–Crippen MR) is 99.9 cm³/mol. The predicted octanol–water partition coefficient (Wildman–Crippen LogP) is 2.40. The number of hydrogen-bond donors (Lipinski definition) is 3. The van der Waals surface area contributed by atoms with Gasteiger partial charge in [0.25, 0.3) is 0 Å². The van der Waals surface area contributed by atoms with Gasteiger partial charge in [0, 0.05) is 18.7 Å². The summed E-state index contributed by atoms with van der Waals surface area (Å²) >= 11 is 0. The topological polar surface area (TPSA) is 79.0 Å². The van der Waals surface area contributed by atoms with Crippen molar-refractivity contribution in [3.8, 4) is 0 Å². The molecule has 6 heteroatoms. The second-order valence-electron chi connectivity index (χ2n) is 6.66. The lowest BCUT2D eigenvalue weighted by Crippen LogP contribution is -2.39. The molecular weight excluding hydrogens is 318 g/mol. The smallest absolute Gasteiger partial charge is 0.191 e. The molecule has 0 spiro atoms. The Morgan fingerprint density at radius 3 is 2.76 bits per heavy atom. The molecule has 2 rings (SSSR count). The van der Waals surface area contributed by atoms with Crippen molar-refractivity contribution in [1.82, 2.24) is 10.6 Å². The van der Waals surface area contributed by atoms with Crippen LogP contribution in [0.1, 0.15) is 43.8 Å². The Morgan fingerprint density at radius 1 is 1.36 bits per heavy atom. The first-order chi connectivity index (χ1) is 11.9. The maximum absolute atomic E-state index is 10.8. The molecule has 1 unspecified atom stereocenters. The molecule has 1 aliphatic rings. The molecular formula is C19H31N3O3. The first-order valence-electron chi connectivity index (χ1n) is 9.00. The molecule has 0 fully saturated rings. The Morgan fingerprint density at radius 2 is 2.16 bits per heavy atom. The summed E-state index contributed by atoms with van der Waals surface area (Å²) in [5.41, 5.74) is 1.15. The largest absolute Gasteiger partial charge is 0.466 e. The van der Waals surface area contributed by atoms with Gasteiger partial charge in [-0.3, -0.25) is 0 Å². The van der Waals surface area contributed by atoms with E-state index in [4.69, 9.17) is 9.15 Å². The highest BCUT2D eigenvalue weighted by Crippen LogP contribution is 2.27. The molecule has 140 valence electrons. The standard InChI is InChI=1S/C19H31N3O3/c1-5-20-18(21-9-6-16-7-10-24-11-8-16)22-13-19(4,23)17-12-14(2)25-15(17)3/h7,12,23H,5-6,8-11,13H2,1-4H3,(H2,20,21,22). The second kappa shape index (κ2) is 9.06. The molecule has 0 aromatic carbocycles. The molecule has 0 aliphatic carbocycles. The number of nitrogens with zero attached hydrogens (tertiary/aromatic N) is 1. The van der Waals surface area contributed by atoms with Crippen LogP contribution in [0, 0.1) is 13.8 Å². The summed E-state index contributed by atoms with van der Waals surface area (Å²) in [7, 11) is 0. The summed E-state index contributed by atoms with van der Waals surface area (Å²) < 4.78 is 10.9. The van der Waals surface area contributed by atoms with E-state index < -0.39 is 5.60 Å². The van der Waals surface area contributed by atoms with Crippen LogP contribution >= 0.6 is 0 Å². The van der Waals surface area contributed by atoms with Gasteiger partial charge in [-0.25, -0.2) is 4.99 Å². The minimum Gasteiger partial charge on any atom is -0.466 e. The van der Waals surface area contributed by atoms with Gasteiger partial charge in [-0.05, 0) is 46.6 Å². The molecule has 0 saturated carbocycles. The molecule has 3 N–H and O–H groups in total. The molecule has 1 aromatic heterocycles. The normalized spacial score (nSPS) is 17.8. The summed E-state index contributed by atoms with van der Waals surface area (Å²) in [5.74, 6) is 2.25. The van der Waals surface area contributed by atoms with Gasteiger partial charge in [-0.15, -0.1) is 0 Å². The fourth-order valence-corrected chi connectivity index (χ4v) is 2.96. The third-order valence-corrected chi connectivity index (χ3v) is 4.31. The molecule has 0 amide bonds. The average molecular weight is 349 g/mol. The van der Waals surface area contributed by atoms with Gasteiger partial charge in [-0.1, -0.05) is 11.6 Å². The van der Waals surface area contributed by atoms with Crippen molar-refractivity contribution in [1.29, 1.82) is 0 Å². The summed E-state index contributed by atoms with van der Waals surface area (Å²) in [6.07, 6.45) is 4.14. The lowest BCUT2D eigenvalue weighted by molar-refractivity contribution is 0.0657. The van der Waals surface area contributed by atoms with Crippen molar-refractivity contribution in [2.24, 2.45) is 4.99 Å². The van der Waals surface area contributed by atoms with Crippen molar-refractivity contribution in [2.45, 2.75) is 46.1 Å². The van der Waals surface area contributed by atoms with E-state index in [-0.39, 0.29) is 6.54 Å². The van der Waals surface area contributed by atoms with Gasteiger partial charge >= 0.3 is 0 Å². The second-order valence-corrected chi connectivity index (χ2v) is 6.66. The van der Waals surface area contributed by atoms with E-state index in [1.54, 1.807) is 6.92 Å². The Kier molecular flexibility index (Phi) is 7.08. The van der Waals surface area contributed by atoms with Crippen molar-refractivity contribution in [3.05, 3.63) is 34.8 Å². The molecule has 1 aromatic rings. The number of rotatable bonds is 7. The molecule has 0 bridgehead atoms. The van der Waals surface area contributed by atoms with E-state index in [2.05, 4.69) is 21.7 Å². The minimum atomic E-state index is -1.06. The van der Waals surface area contributed by atoms with Crippen molar-refractivity contribution < 1.29 is 14.3 Å². The number of aliphatic imine (C=N–C) groups is 1. The third-order valence-electron chi connectivity index (χ3n) is 4.31. The summed E-state index contributed by atoms with van der Waals surface area (Å²) in [5, 5.41) is 17.3. The fourth-order valence-electron chi connectivity index (χ4n) is 2.96. The summed E-state index contributed by atoms with van der Waals surface area (Å²) in [4.78, 5) is 4.55. The Hall–Kier alpha value is -1.79. The number of aryl methyl sites for hydroxylation is 2. The first kappa shape index (κ1) is 19.5. The van der Waals surface area contributed by atoms with Crippen molar-refractivity contribution in [3.63, 3.8) is 0 Å². The van der Waals surface area contributed by atoms with Gasteiger partial charge in [0.15, 0.2) is 5.96 Å². The van der Waals surface area contributed by atoms with Crippen LogP contribution in [-0.4, -0.2) is 43.9 Å². The lowest BCUT2D eigenvalue weighted by Gasteiger charge is -2.22. The highest BCUT2D eigenvalue weighted by Gasteiger charge is 2.27. The van der Waals surface area contributed by atoms with Crippen LogP contribution in [0.25, 0.3) is 0 Å². The quantitative estimate of drug-likeness (QED) is 0.400. The zero-order chi connectivity index (χ0) is 18.3. The molecule has 0 radical (unpaired) electrons. The maximum atomic E-state index is 10.8. The monoisotopic (exact) mass is 349 g/mol. The Balaban J connectivity index is 1.93. The SMILES string of the molecule is CCNC(=NCC(C)(O)c1cc(C)oc1C)NCCC1=CCOCC1. The van der Waals surface area contributed by atoms with Gasteiger partial charge < -0.3 is 24.9 Å². The van der Waals surface area contributed by atoms with Crippen LogP contribution in [-0.2, 0) is 10.3 Å². The molecule has 0 saturated heterocycles. The number of guanidine groups is 1. The number of furan rings is 1. The van der Waals surface area contributed by atoms with Gasteiger partial charge in [0.05, 0.1) is 19.8 Å². The van der Waals surface area contributed by atoms with E-state index >= 15 is 0 Å². The van der Waals surface area contributed by atoms with Gasteiger partial charge in [0.1, 0.15) is 17.1 Å². The number of ether oxygens (including phenoxy) is 1. The van der Waals surface area contributed by atoms with E-state index in [0.717, 1.165) is 56.2 Å². The van der Waals surface area contributed by atoms with Crippen LogP contribution in [0.15, 0.2) is 27.1 Å². The molecule has 1 atom stereocenters. The van der Waals surface area contributed by atoms with Gasteiger partial charge in [0.2, 0.25) is 0 Å². The summed E-state index contributed by atoms with van der Waals surface area (Å²) in [6.45, 7) is 10.9. The van der Waals surface area contributed by atoms with E-state index in [1.807, 2.05) is 26.8 Å². The van der Waals surface area contributed by atoms with Crippen LogP contribution < -0.4 is 10.6 Å². The lowest BCUT2D eigenvalue weighted by atomic mass is 9.96. The number of aliphatic hydroxyl groups is 1. The highest BCUT2D eigenvalue weighted by molar-refractivity contribution is 5.79. The van der Waals surface area contributed by atoms with Crippen LogP contribution in [0.5, 0.6) is 0 Å². The third kappa shape index (κ3) is 5.90.